The van der Waals surface area contributed by atoms with Crippen molar-refractivity contribution in [1.82, 2.24) is 25.2 Å². The van der Waals surface area contributed by atoms with E-state index in [-0.39, 0.29) is 24.8 Å². The van der Waals surface area contributed by atoms with Crippen molar-refractivity contribution in [3.05, 3.63) is 59.3 Å². The van der Waals surface area contributed by atoms with E-state index in [0.29, 0.717) is 12.1 Å². The van der Waals surface area contributed by atoms with Gasteiger partial charge in [0.25, 0.3) is 5.91 Å². The first-order chi connectivity index (χ1) is 15.1. The molecule has 2 aromatic rings. The summed E-state index contributed by atoms with van der Waals surface area (Å²) in [6, 6.07) is 11.3. The molecule has 0 unspecified atom stereocenters. The maximum absolute atomic E-state index is 12.8. The number of fused-ring (bicyclic) bond motifs is 1. The maximum Gasteiger partial charge on any atom is 0.342 e. The highest BCUT2D eigenvalue weighted by molar-refractivity contribution is 6.01. The molecule has 4 heterocycles. The van der Waals surface area contributed by atoms with Gasteiger partial charge in [-0.3, -0.25) is 19.8 Å². The van der Waals surface area contributed by atoms with Crippen molar-refractivity contribution in [3.8, 4) is 0 Å². The Labute approximate surface area is 180 Å². The van der Waals surface area contributed by atoms with E-state index in [1.165, 1.54) is 10.0 Å². The van der Waals surface area contributed by atoms with E-state index in [1.807, 2.05) is 36.5 Å². The average Bonchev–Trinajstić information content (AvgIpc) is 3.10. The summed E-state index contributed by atoms with van der Waals surface area (Å²) in [6.45, 7) is 5.13. The SMILES string of the molecule is O=C1CCN(N2Cc3cc(CN4CCN(c5ccccn5)CC4)ccc3C2=O)C(=O)N1. The van der Waals surface area contributed by atoms with E-state index < -0.39 is 6.03 Å². The Bertz CT molecular complexity index is 1020. The summed E-state index contributed by atoms with van der Waals surface area (Å²) in [5.41, 5.74) is 2.69. The van der Waals surface area contributed by atoms with E-state index in [9.17, 15) is 14.4 Å². The zero-order valence-electron chi connectivity index (χ0n) is 17.2. The number of hydrogen-bond donors (Lipinski definition) is 1. The van der Waals surface area contributed by atoms with Crippen LogP contribution in [0.15, 0.2) is 42.6 Å². The molecule has 1 aromatic heterocycles. The first kappa shape index (κ1) is 19.5. The molecule has 3 aliphatic heterocycles. The van der Waals surface area contributed by atoms with Crippen molar-refractivity contribution in [2.75, 3.05) is 37.6 Å². The molecule has 0 bridgehead atoms. The molecule has 0 atom stereocenters. The summed E-state index contributed by atoms with van der Waals surface area (Å²) >= 11 is 0. The number of carbonyl (C=O) groups excluding carboxylic acids is 3. The second kappa shape index (κ2) is 7.99. The molecule has 2 saturated heterocycles. The normalized spacial score (nSPS) is 19.6. The van der Waals surface area contributed by atoms with Gasteiger partial charge in [0.1, 0.15) is 5.82 Å². The van der Waals surface area contributed by atoms with Crippen LogP contribution in [-0.4, -0.2) is 70.5 Å². The summed E-state index contributed by atoms with van der Waals surface area (Å²) in [4.78, 5) is 45.5. The molecule has 2 fully saturated rings. The second-order valence-electron chi connectivity index (χ2n) is 8.03. The lowest BCUT2D eigenvalue weighted by Gasteiger charge is -2.35. The van der Waals surface area contributed by atoms with E-state index >= 15 is 0 Å². The quantitative estimate of drug-likeness (QED) is 0.800. The Morgan fingerprint density at radius 3 is 2.52 bits per heavy atom. The molecule has 160 valence electrons. The van der Waals surface area contributed by atoms with Gasteiger partial charge >= 0.3 is 6.03 Å². The molecule has 0 radical (unpaired) electrons. The minimum Gasteiger partial charge on any atom is -0.354 e. The smallest absolute Gasteiger partial charge is 0.342 e. The molecular weight excluding hydrogens is 396 g/mol. The highest BCUT2D eigenvalue weighted by Crippen LogP contribution is 2.27. The lowest BCUT2D eigenvalue weighted by molar-refractivity contribution is -0.123. The van der Waals surface area contributed by atoms with E-state index in [4.69, 9.17) is 0 Å². The Kier molecular flexibility index (Phi) is 5.03. The molecule has 9 heteroatoms. The van der Waals surface area contributed by atoms with Gasteiger partial charge in [0.05, 0.1) is 13.1 Å². The predicted octanol–water partition coefficient (Wildman–Crippen LogP) is 1.22. The lowest BCUT2D eigenvalue weighted by atomic mass is 10.1. The van der Waals surface area contributed by atoms with Gasteiger partial charge < -0.3 is 4.90 Å². The number of nitrogens with zero attached hydrogens (tertiary/aromatic N) is 5. The molecule has 9 nitrogen and oxygen atoms in total. The predicted molar refractivity (Wildman–Crippen MR) is 113 cm³/mol. The molecule has 31 heavy (non-hydrogen) atoms. The summed E-state index contributed by atoms with van der Waals surface area (Å²) in [7, 11) is 0. The van der Waals surface area contributed by atoms with Crippen LogP contribution in [0.1, 0.15) is 27.9 Å². The van der Waals surface area contributed by atoms with Crippen LogP contribution < -0.4 is 10.2 Å². The lowest BCUT2D eigenvalue weighted by Crippen LogP contribution is -2.56. The van der Waals surface area contributed by atoms with Crippen molar-refractivity contribution >= 4 is 23.7 Å². The summed E-state index contributed by atoms with van der Waals surface area (Å²) in [5.74, 6) is 0.507. The fraction of sp³-hybridized carbons (Fsp3) is 0.364. The van der Waals surface area contributed by atoms with Crippen molar-refractivity contribution < 1.29 is 14.4 Å². The third-order valence-electron chi connectivity index (χ3n) is 6.03. The largest absolute Gasteiger partial charge is 0.354 e. The van der Waals surface area contributed by atoms with Gasteiger partial charge in [-0.2, -0.15) is 0 Å². The summed E-state index contributed by atoms with van der Waals surface area (Å²) in [6.07, 6.45) is 2.02. The standard InChI is InChI=1S/C22H24N6O3/c29-20-6-8-27(22(31)24-20)28-15-17-13-16(4-5-18(17)21(28)30)14-25-9-11-26(12-10-25)19-3-1-2-7-23-19/h1-5,7,13H,6,8-12,14-15H2,(H,24,29,31). The Hall–Kier alpha value is -3.46. The first-order valence-electron chi connectivity index (χ1n) is 10.5. The van der Waals surface area contributed by atoms with Crippen molar-refractivity contribution in [2.24, 2.45) is 0 Å². The van der Waals surface area contributed by atoms with Crippen LogP contribution in [0.4, 0.5) is 10.6 Å². The van der Waals surface area contributed by atoms with Crippen LogP contribution in [-0.2, 0) is 17.9 Å². The van der Waals surface area contributed by atoms with E-state index in [1.54, 1.807) is 0 Å². The monoisotopic (exact) mass is 420 g/mol. The van der Waals surface area contributed by atoms with Crippen LogP contribution in [0, 0.1) is 0 Å². The third kappa shape index (κ3) is 3.84. The van der Waals surface area contributed by atoms with Gasteiger partial charge in [-0.1, -0.05) is 18.2 Å². The third-order valence-corrected chi connectivity index (χ3v) is 6.03. The number of piperazine rings is 1. The number of anilines is 1. The van der Waals surface area contributed by atoms with Crippen LogP contribution in [0.25, 0.3) is 0 Å². The Balaban J connectivity index is 1.22. The van der Waals surface area contributed by atoms with Crippen LogP contribution in [0.2, 0.25) is 0 Å². The molecule has 5 rings (SSSR count). The second-order valence-corrected chi connectivity index (χ2v) is 8.03. The molecule has 1 aromatic carbocycles. The van der Waals surface area contributed by atoms with Gasteiger partial charge in [-0.05, 0) is 29.3 Å². The van der Waals surface area contributed by atoms with Gasteiger partial charge in [-0.15, -0.1) is 0 Å². The minimum absolute atomic E-state index is 0.196. The fourth-order valence-corrected chi connectivity index (χ4v) is 4.37. The number of imide groups is 1. The van der Waals surface area contributed by atoms with Crippen LogP contribution in [0.3, 0.4) is 0 Å². The fourth-order valence-electron chi connectivity index (χ4n) is 4.37. The topological polar surface area (TPSA) is 89.1 Å². The van der Waals surface area contributed by atoms with Crippen molar-refractivity contribution in [3.63, 3.8) is 0 Å². The number of aromatic nitrogens is 1. The van der Waals surface area contributed by atoms with Gasteiger partial charge in [0.15, 0.2) is 0 Å². The average molecular weight is 420 g/mol. The molecular formula is C22H24N6O3. The highest BCUT2D eigenvalue weighted by Gasteiger charge is 2.36. The Morgan fingerprint density at radius 2 is 1.77 bits per heavy atom. The molecule has 3 aliphatic rings. The maximum atomic E-state index is 12.8. The number of pyridine rings is 1. The minimum atomic E-state index is -0.539. The van der Waals surface area contributed by atoms with Gasteiger partial charge in [-0.25, -0.2) is 19.8 Å². The number of nitrogens with one attached hydrogen (secondary N) is 1. The first-order valence-corrected chi connectivity index (χ1v) is 10.5. The van der Waals surface area contributed by atoms with Gasteiger partial charge in [0, 0.05) is 50.9 Å². The molecule has 0 aliphatic carbocycles. The highest BCUT2D eigenvalue weighted by atomic mass is 16.2. The van der Waals surface area contributed by atoms with Crippen molar-refractivity contribution in [1.29, 1.82) is 0 Å². The van der Waals surface area contributed by atoms with Crippen LogP contribution in [0.5, 0.6) is 0 Å². The number of hydrazine groups is 1. The Morgan fingerprint density at radius 1 is 0.935 bits per heavy atom. The molecule has 4 amide bonds. The van der Waals surface area contributed by atoms with E-state index in [0.717, 1.165) is 49.7 Å². The van der Waals surface area contributed by atoms with Crippen LogP contribution >= 0.6 is 0 Å². The molecule has 0 saturated carbocycles. The summed E-state index contributed by atoms with van der Waals surface area (Å²) in [5, 5.41) is 5.04. The number of amides is 4. The zero-order chi connectivity index (χ0) is 21.4. The zero-order valence-corrected chi connectivity index (χ0v) is 17.2. The van der Waals surface area contributed by atoms with Crippen molar-refractivity contribution in [2.45, 2.75) is 19.5 Å². The molecule has 1 N–H and O–H groups in total. The van der Waals surface area contributed by atoms with Gasteiger partial charge in [0.2, 0.25) is 5.91 Å². The number of urea groups is 1. The number of carbonyl (C=O) groups is 3. The van der Waals surface area contributed by atoms with E-state index in [2.05, 4.69) is 26.2 Å². The number of hydrogen-bond acceptors (Lipinski definition) is 6. The molecule has 0 spiro atoms. The number of rotatable bonds is 4. The summed E-state index contributed by atoms with van der Waals surface area (Å²) < 4.78 is 0. The number of benzene rings is 1.